The number of hydrogen-bond acceptors (Lipinski definition) is 2. The van der Waals surface area contributed by atoms with E-state index in [1.165, 1.54) is 0 Å². The van der Waals surface area contributed by atoms with Crippen LogP contribution in [0.5, 0.6) is 0 Å². The van der Waals surface area contributed by atoms with Gasteiger partial charge >= 0.3 is 0 Å². The highest BCUT2D eigenvalue weighted by molar-refractivity contribution is 5.74. The Bertz CT molecular complexity index is 435. The Morgan fingerprint density at radius 2 is 2.06 bits per heavy atom. The third-order valence-electron chi connectivity index (χ3n) is 2.64. The van der Waals surface area contributed by atoms with Gasteiger partial charge in [0.15, 0.2) is 0 Å². The molecule has 86 valence electrons. The summed E-state index contributed by atoms with van der Waals surface area (Å²) < 4.78 is 0. The van der Waals surface area contributed by atoms with Crippen molar-refractivity contribution in [2.45, 2.75) is 38.7 Å². The Kier molecular flexibility index (Phi) is 2.97. The van der Waals surface area contributed by atoms with Gasteiger partial charge in [0.25, 0.3) is 0 Å². The van der Waals surface area contributed by atoms with E-state index in [4.69, 9.17) is 0 Å². The Balaban J connectivity index is 2.00. The predicted octanol–water partition coefficient (Wildman–Crippen LogP) is 2.66. The molecule has 1 aromatic carbocycles. The van der Waals surface area contributed by atoms with Crippen LogP contribution in [-0.2, 0) is 6.42 Å². The minimum Gasteiger partial charge on any atom is -0.390 e. The number of aromatic nitrogens is 2. The van der Waals surface area contributed by atoms with Gasteiger partial charge in [0.1, 0.15) is 5.82 Å². The molecule has 0 spiro atoms. The van der Waals surface area contributed by atoms with E-state index in [0.717, 1.165) is 36.1 Å². The number of H-pyrrole nitrogens is 1. The van der Waals surface area contributed by atoms with Crippen molar-refractivity contribution in [3.63, 3.8) is 0 Å². The lowest BCUT2D eigenvalue weighted by Gasteiger charge is -2.15. The Morgan fingerprint density at radius 1 is 1.31 bits per heavy atom. The van der Waals surface area contributed by atoms with E-state index in [0.29, 0.717) is 0 Å². The van der Waals surface area contributed by atoms with Gasteiger partial charge in [-0.15, -0.1) is 0 Å². The predicted molar refractivity (Wildman–Crippen MR) is 65.3 cm³/mol. The molecule has 0 amide bonds. The average molecular weight is 218 g/mol. The molecule has 2 rings (SSSR count). The maximum Gasteiger partial charge on any atom is 0.107 e. The number of imidazole rings is 1. The monoisotopic (exact) mass is 218 g/mol. The van der Waals surface area contributed by atoms with Gasteiger partial charge in [-0.1, -0.05) is 12.1 Å². The van der Waals surface area contributed by atoms with Crippen LogP contribution in [0.25, 0.3) is 11.0 Å². The molecule has 0 saturated heterocycles. The topological polar surface area (TPSA) is 48.9 Å². The van der Waals surface area contributed by atoms with Crippen LogP contribution in [0.3, 0.4) is 0 Å². The van der Waals surface area contributed by atoms with E-state index in [1.54, 1.807) is 0 Å². The van der Waals surface area contributed by atoms with Gasteiger partial charge in [-0.2, -0.15) is 0 Å². The molecule has 0 atom stereocenters. The summed E-state index contributed by atoms with van der Waals surface area (Å²) >= 11 is 0. The molecule has 0 aliphatic rings. The third kappa shape index (κ3) is 2.83. The molecule has 2 N–H and O–H groups in total. The number of aromatic amines is 1. The highest BCUT2D eigenvalue weighted by atomic mass is 16.3. The Morgan fingerprint density at radius 3 is 2.75 bits per heavy atom. The fourth-order valence-electron chi connectivity index (χ4n) is 1.81. The van der Waals surface area contributed by atoms with Crippen LogP contribution in [0.1, 0.15) is 32.5 Å². The van der Waals surface area contributed by atoms with E-state index < -0.39 is 5.60 Å². The van der Waals surface area contributed by atoms with Crippen LogP contribution in [0, 0.1) is 0 Å². The number of rotatable bonds is 4. The molecule has 0 fully saturated rings. The van der Waals surface area contributed by atoms with Gasteiger partial charge in [0.2, 0.25) is 0 Å². The quantitative estimate of drug-likeness (QED) is 0.828. The maximum absolute atomic E-state index is 9.60. The fraction of sp³-hybridized carbons (Fsp3) is 0.462. The Hall–Kier alpha value is -1.35. The summed E-state index contributed by atoms with van der Waals surface area (Å²) in [4.78, 5) is 7.78. The van der Waals surface area contributed by atoms with Crippen LogP contribution in [0.2, 0.25) is 0 Å². The molecule has 0 saturated carbocycles. The van der Waals surface area contributed by atoms with Gasteiger partial charge in [0.05, 0.1) is 16.6 Å². The van der Waals surface area contributed by atoms with E-state index >= 15 is 0 Å². The second-order valence-corrected chi connectivity index (χ2v) is 4.87. The summed E-state index contributed by atoms with van der Waals surface area (Å²) in [7, 11) is 0. The largest absolute Gasteiger partial charge is 0.390 e. The van der Waals surface area contributed by atoms with Crippen LogP contribution in [0.4, 0.5) is 0 Å². The zero-order valence-electron chi connectivity index (χ0n) is 9.83. The molecule has 2 aromatic rings. The summed E-state index contributed by atoms with van der Waals surface area (Å²) in [5.74, 6) is 1.01. The number of aliphatic hydroxyl groups is 1. The number of hydrogen-bond donors (Lipinski definition) is 2. The van der Waals surface area contributed by atoms with E-state index in [1.807, 2.05) is 38.1 Å². The molecule has 16 heavy (non-hydrogen) atoms. The van der Waals surface area contributed by atoms with E-state index in [9.17, 15) is 5.11 Å². The van der Waals surface area contributed by atoms with Gasteiger partial charge < -0.3 is 10.1 Å². The molecule has 3 heteroatoms. The lowest BCUT2D eigenvalue weighted by molar-refractivity contribution is 0.0688. The average Bonchev–Trinajstić information content (AvgIpc) is 2.57. The minimum absolute atomic E-state index is 0.577. The first-order valence-electron chi connectivity index (χ1n) is 5.71. The van der Waals surface area contributed by atoms with Crippen molar-refractivity contribution in [3.05, 3.63) is 30.1 Å². The number of fused-ring (bicyclic) bond motifs is 1. The van der Waals surface area contributed by atoms with Gasteiger partial charge in [-0.3, -0.25) is 0 Å². The van der Waals surface area contributed by atoms with Crippen LogP contribution < -0.4 is 0 Å². The van der Waals surface area contributed by atoms with Crippen molar-refractivity contribution >= 4 is 11.0 Å². The zero-order valence-corrected chi connectivity index (χ0v) is 9.83. The Labute approximate surface area is 95.5 Å². The standard InChI is InChI=1S/C13H18N2O/c1-13(2,16)9-5-8-12-14-10-6-3-4-7-11(10)15-12/h3-4,6-7,16H,5,8-9H2,1-2H3,(H,14,15). The summed E-state index contributed by atoms with van der Waals surface area (Å²) in [6.45, 7) is 3.68. The molecule has 0 unspecified atom stereocenters. The number of nitrogens with one attached hydrogen (secondary N) is 1. The normalized spacial score (nSPS) is 12.2. The summed E-state index contributed by atoms with van der Waals surface area (Å²) in [5.41, 5.74) is 1.52. The van der Waals surface area contributed by atoms with Crippen molar-refractivity contribution in [2.24, 2.45) is 0 Å². The molecule has 0 radical (unpaired) electrons. The highest BCUT2D eigenvalue weighted by Gasteiger charge is 2.12. The van der Waals surface area contributed by atoms with Crippen molar-refractivity contribution in [3.8, 4) is 0 Å². The van der Waals surface area contributed by atoms with Gasteiger partial charge in [0, 0.05) is 6.42 Å². The zero-order chi connectivity index (χ0) is 11.6. The molecule has 0 bridgehead atoms. The summed E-state index contributed by atoms with van der Waals surface area (Å²) in [6, 6.07) is 8.03. The van der Waals surface area contributed by atoms with Gasteiger partial charge in [-0.25, -0.2) is 4.98 Å². The number of para-hydroxylation sites is 2. The maximum atomic E-state index is 9.60. The van der Waals surface area contributed by atoms with E-state index in [2.05, 4.69) is 9.97 Å². The summed E-state index contributed by atoms with van der Waals surface area (Å²) in [5, 5.41) is 9.60. The van der Waals surface area contributed by atoms with E-state index in [-0.39, 0.29) is 0 Å². The van der Waals surface area contributed by atoms with Crippen LogP contribution >= 0.6 is 0 Å². The lowest BCUT2D eigenvalue weighted by Crippen LogP contribution is -2.18. The number of nitrogens with zero attached hydrogens (tertiary/aromatic N) is 1. The van der Waals surface area contributed by atoms with Crippen molar-refractivity contribution in [2.75, 3.05) is 0 Å². The molecule has 3 nitrogen and oxygen atoms in total. The SMILES string of the molecule is CC(C)(O)CCCc1nc2ccccc2[nH]1. The highest BCUT2D eigenvalue weighted by Crippen LogP contribution is 2.15. The first kappa shape index (κ1) is 11.1. The third-order valence-corrected chi connectivity index (χ3v) is 2.64. The molecule has 0 aliphatic carbocycles. The van der Waals surface area contributed by atoms with Crippen LogP contribution in [0.15, 0.2) is 24.3 Å². The first-order chi connectivity index (χ1) is 7.54. The first-order valence-corrected chi connectivity index (χ1v) is 5.71. The second-order valence-electron chi connectivity index (χ2n) is 4.87. The molecule has 1 heterocycles. The van der Waals surface area contributed by atoms with Crippen molar-refractivity contribution in [1.82, 2.24) is 9.97 Å². The minimum atomic E-state index is -0.577. The number of aryl methyl sites for hydroxylation is 1. The van der Waals surface area contributed by atoms with Crippen LogP contribution in [-0.4, -0.2) is 20.7 Å². The number of benzene rings is 1. The fourth-order valence-corrected chi connectivity index (χ4v) is 1.81. The van der Waals surface area contributed by atoms with Crippen molar-refractivity contribution in [1.29, 1.82) is 0 Å². The van der Waals surface area contributed by atoms with Crippen molar-refractivity contribution < 1.29 is 5.11 Å². The summed E-state index contributed by atoms with van der Waals surface area (Å²) in [6.07, 6.45) is 2.63. The lowest BCUT2D eigenvalue weighted by atomic mass is 10.0. The smallest absolute Gasteiger partial charge is 0.107 e. The second kappa shape index (κ2) is 4.26. The molecular formula is C13H18N2O. The van der Waals surface area contributed by atoms with Gasteiger partial charge in [-0.05, 0) is 38.8 Å². The molecule has 1 aromatic heterocycles. The molecule has 0 aliphatic heterocycles. The molecular weight excluding hydrogens is 200 g/mol.